The van der Waals surface area contributed by atoms with Crippen molar-refractivity contribution in [1.29, 1.82) is 0 Å². The van der Waals surface area contributed by atoms with Crippen LogP contribution < -0.4 is 37.2 Å². The molecule has 0 aliphatic heterocycles. The van der Waals surface area contributed by atoms with Crippen molar-refractivity contribution in [2.75, 3.05) is 82.7 Å². The fourth-order valence-corrected chi connectivity index (χ4v) is 4.38. The van der Waals surface area contributed by atoms with Crippen LogP contribution in [0.1, 0.15) is 49.9 Å². The molecule has 0 fully saturated rings. The van der Waals surface area contributed by atoms with Crippen LogP contribution in [0, 0.1) is 0 Å². The SMILES string of the molecule is C=CC(=O)OCCN(C)C.C=CC(=O)OCC[N+](C)(C)Cc1ccc(C[N+](C)(C)C(C)C)cc1.CC(C)[N+](C)(C)Cc1ccc(CCl)cc1.[Cl-].[Cl-].[Cl-]. The number of halogens is 4. The van der Waals surface area contributed by atoms with Crippen LogP contribution in [0.2, 0.25) is 0 Å². The minimum atomic E-state index is -0.359. The van der Waals surface area contributed by atoms with E-state index in [4.69, 9.17) is 21.1 Å². The number of hydrogen-bond donors (Lipinski definition) is 0. The molecular formula is C40H68Cl4N4O4. The molecule has 0 aliphatic rings. The van der Waals surface area contributed by atoms with Crippen molar-refractivity contribution in [1.82, 2.24) is 4.90 Å². The van der Waals surface area contributed by atoms with Crippen LogP contribution in [0.4, 0.5) is 0 Å². The predicted octanol–water partition coefficient (Wildman–Crippen LogP) is -2.32. The second kappa shape index (κ2) is 28.3. The molecule has 0 N–H and O–H groups in total. The van der Waals surface area contributed by atoms with Gasteiger partial charge in [0.2, 0.25) is 0 Å². The van der Waals surface area contributed by atoms with E-state index in [2.05, 4.69) is 132 Å². The maximum atomic E-state index is 11.1. The van der Waals surface area contributed by atoms with Gasteiger partial charge < -0.3 is 65.0 Å². The Hall–Kier alpha value is -2.14. The van der Waals surface area contributed by atoms with E-state index in [-0.39, 0.29) is 49.2 Å². The van der Waals surface area contributed by atoms with Crippen molar-refractivity contribution < 1.29 is 69.7 Å². The molecule has 0 saturated carbocycles. The van der Waals surface area contributed by atoms with Gasteiger partial charge in [0.05, 0.1) is 54.4 Å². The van der Waals surface area contributed by atoms with E-state index >= 15 is 0 Å². The van der Waals surface area contributed by atoms with E-state index in [0.717, 1.165) is 52.2 Å². The van der Waals surface area contributed by atoms with Gasteiger partial charge in [0.25, 0.3) is 0 Å². The van der Waals surface area contributed by atoms with Crippen molar-refractivity contribution in [2.24, 2.45) is 0 Å². The van der Waals surface area contributed by atoms with E-state index in [1.165, 1.54) is 28.3 Å². The number of benzene rings is 2. The Bertz CT molecular complexity index is 1270. The van der Waals surface area contributed by atoms with Crippen molar-refractivity contribution in [3.05, 3.63) is 96.1 Å². The topological polar surface area (TPSA) is 55.8 Å². The highest BCUT2D eigenvalue weighted by atomic mass is 35.5. The predicted molar refractivity (Wildman–Crippen MR) is 206 cm³/mol. The highest BCUT2D eigenvalue weighted by molar-refractivity contribution is 6.17. The summed E-state index contributed by atoms with van der Waals surface area (Å²) in [7, 11) is 17.2. The van der Waals surface area contributed by atoms with Gasteiger partial charge in [-0.25, -0.2) is 9.59 Å². The van der Waals surface area contributed by atoms with Crippen molar-refractivity contribution in [2.45, 2.75) is 65.3 Å². The Kier molecular flexibility index (Phi) is 30.8. The largest absolute Gasteiger partial charge is 1.00 e. The molecule has 0 amide bonds. The minimum Gasteiger partial charge on any atom is -1.00 e. The van der Waals surface area contributed by atoms with E-state index in [9.17, 15) is 9.59 Å². The summed E-state index contributed by atoms with van der Waals surface area (Å²) in [6.45, 7) is 21.1. The molecule has 8 nitrogen and oxygen atoms in total. The van der Waals surface area contributed by atoms with Gasteiger partial charge in [0.1, 0.15) is 39.4 Å². The number of likely N-dealkylation sites (N-methyl/N-ethyl adjacent to an activating group) is 2. The first-order chi connectivity index (χ1) is 22.7. The number of carbonyl (C=O) groups is 2. The summed E-state index contributed by atoms with van der Waals surface area (Å²) in [4.78, 5) is 23.5. The van der Waals surface area contributed by atoms with E-state index < -0.39 is 0 Å². The van der Waals surface area contributed by atoms with Gasteiger partial charge in [-0.2, -0.15) is 0 Å². The molecule has 0 saturated heterocycles. The average Bonchev–Trinajstić information content (AvgIpc) is 3.02. The summed E-state index contributed by atoms with van der Waals surface area (Å²) < 4.78 is 12.6. The molecule has 0 unspecified atom stereocenters. The normalized spacial score (nSPS) is 11.0. The van der Waals surface area contributed by atoms with Crippen LogP contribution in [0.15, 0.2) is 73.8 Å². The molecule has 0 spiro atoms. The summed E-state index contributed by atoms with van der Waals surface area (Å²) in [5.41, 5.74) is 5.23. The lowest BCUT2D eigenvalue weighted by Gasteiger charge is -2.34. The number of ether oxygens (including phenoxy) is 2. The molecule has 12 heteroatoms. The van der Waals surface area contributed by atoms with Crippen LogP contribution in [0.3, 0.4) is 0 Å². The van der Waals surface area contributed by atoms with Gasteiger partial charge >= 0.3 is 11.9 Å². The van der Waals surface area contributed by atoms with Crippen LogP contribution in [-0.4, -0.2) is 125 Å². The van der Waals surface area contributed by atoms with Gasteiger partial charge in [-0.3, -0.25) is 0 Å². The fourth-order valence-electron chi connectivity index (χ4n) is 4.20. The molecule has 0 radical (unpaired) electrons. The minimum absolute atomic E-state index is 0. The number of rotatable bonds is 17. The third-order valence-corrected chi connectivity index (χ3v) is 9.15. The highest BCUT2D eigenvalue weighted by Gasteiger charge is 2.21. The Morgan fingerprint density at radius 2 is 0.981 bits per heavy atom. The number of nitrogens with zero attached hydrogens (tertiary/aromatic N) is 4. The lowest BCUT2D eigenvalue weighted by molar-refractivity contribution is -0.924. The first-order valence-electron chi connectivity index (χ1n) is 17.1. The highest BCUT2D eigenvalue weighted by Crippen LogP contribution is 2.17. The quantitative estimate of drug-likeness (QED) is 0.0779. The second-order valence-corrected chi connectivity index (χ2v) is 15.5. The van der Waals surface area contributed by atoms with Crippen molar-refractivity contribution in [3.63, 3.8) is 0 Å². The zero-order chi connectivity index (χ0) is 37.8. The molecule has 0 atom stereocenters. The third kappa shape index (κ3) is 25.8. The van der Waals surface area contributed by atoms with Crippen LogP contribution in [-0.2, 0) is 44.6 Å². The molecule has 2 rings (SSSR count). The molecule has 0 heterocycles. The third-order valence-electron chi connectivity index (χ3n) is 8.84. The Morgan fingerprint density at radius 3 is 1.29 bits per heavy atom. The van der Waals surface area contributed by atoms with Gasteiger partial charge in [-0.15, -0.1) is 11.6 Å². The lowest BCUT2D eigenvalue weighted by atomic mass is 10.1. The maximum Gasteiger partial charge on any atom is 0.330 e. The fraction of sp³-hybridized carbons (Fsp3) is 0.550. The molecule has 2 aromatic carbocycles. The molecule has 0 bridgehead atoms. The van der Waals surface area contributed by atoms with E-state index in [1.54, 1.807) is 0 Å². The number of carbonyl (C=O) groups excluding carboxylic acids is 2. The molecule has 300 valence electrons. The first kappa shape index (κ1) is 56.6. The summed E-state index contributed by atoms with van der Waals surface area (Å²) in [5, 5.41) is 0. The zero-order valence-corrected chi connectivity index (χ0v) is 37.0. The van der Waals surface area contributed by atoms with Gasteiger partial charge in [-0.05, 0) is 47.4 Å². The molecule has 2 aromatic rings. The number of hydrogen-bond acceptors (Lipinski definition) is 5. The first-order valence-corrected chi connectivity index (χ1v) is 17.6. The second-order valence-electron chi connectivity index (χ2n) is 15.2. The smallest absolute Gasteiger partial charge is 0.330 e. The van der Waals surface area contributed by atoms with E-state index in [0.29, 0.717) is 31.2 Å². The summed E-state index contributed by atoms with van der Waals surface area (Å²) in [6.07, 6.45) is 2.37. The summed E-state index contributed by atoms with van der Waals surface area (Å²) in [5.74, 6) is -0.116. The summed E-state index contributed by atoms with van der Waals surface area (Å²) >= 11 is 5.76. The maximum absolute atomic E-state index is 11.1. The number of esters is 2. The summed E-state index contributed by atoms with van der Waals surface area (Å²) in [6, 6.07) is 18.7. The van der Waals surface area contributed by atoms with Gasteiger partial charge in [-0.1, -0.05) is 61.7 Å². The molecular weight excluding hydrogens is 742 g/mol. The van der Waals surface area contributed by atoms with Crippen LogP contribution in [0.25, 0.3) is 0 Å². The lowest BCUT2D eigenvalue weighted by Crippen LogP contribution is -3.00. The number of quaternary nitrogens is 3. The van der Waals surface area contributed by atoms with Gasteiger partial charge in [0.15, 0.2) is 0 Å². The Morgan fingerprint density at radius 1 is 0.654 bits per heavy atom. The van der Waals surface area contributed by atoms with Crippen LogP contribution >= 0.6 is 11.6 Å². The van der Waals surface area contributed by atoms with Gasteiger partial charge in [0, 0.05) is 41.3 Å². The van der Waals surface area contributed by atoms with Crippen molar-refractivity contribution in [3.8, 4) is 0 Å². The number of alkyl halides is 1. The standard InChI is InChI=1S/C20H34N2O2.C13H21ClN.C7H13NO2.3ClH/c1-8-20(23)24-14-13-21(4,5)15-18-9-11-19(12-10-18)16-22(6,7)17(2)3;1-11(2)15(3,4)10-13-7-5-12(9-14)6-8-13;1-4-7(9)10-6-5-8(2)3;;;/h8-12,17H,1,13-16H2,2-7H3;5-8,11H,9-10H2,1-4H3;4H,1,5-6H2,2-3H3;3*1H/q+2;+1;;;;/p-3. The van der Waals surface area contributed by atoms with Crippen LogP contribution in [0.5, 0.6) is 0 Å². The Labute approximate surface area is 340 Å². The molecule has 0 aliphatic carbocycles. The zero-order valence-electron chi connectivity index (χ0n) is 33.9. The average molecular weight is 811 g/mol. The van der Waals surface area contributed by atoms with E-state index in [1.807, 2.05) is 19.0 Å². The molecule has 0 aromatic heterocycles. The monoisotopic (exact) mass is 808 g/mol. The molecule has 52 heavy (non-hydrogen) atoms. The Balaban J connectivity index is -0.000000354. The van der Waals surface area contributed by atoms with Crippen molar-refractivity contribution >= 4 is 23.5 Å².